The topological polar surface area (TPSA) is 86.0 Å². The number of piperidine rings is 1. The van der Waals surface area contributed by atoms with Crippen LogP contribution >= 0.6 is 0 Å². The van der Waals surface area contributed by atoms with Crippen LogP contribution in [0.3, 0.4) is 0 Å². The average Bonchev–Trinajstić information content (AvgIpc) is 3.12. The highest BCUT2D eigenvalue weighted by molar-refractivity contribution is 5.28. The molecular weight excluding hydrogens is 306 g/mol. The number of benzene rings is 1. The third-order valence-electron chi connectivity index (χ3n) is 4.93. The van der Waals surface area contributed by atoms with Crippen LogP contribution in [0.25, 0.3) is 0 Å². The Hall–Kier alpha value is -2.12. The molecule has 1 unspecified atom stereocenters. The fourth-order valence-electron chi connectivity index (χ4n) is 3.72. The van der Waals surface area contributed by atoms with E-state index in [1.54, 1.807) is 0 Å². The van der Waals surface area contributed by atoms with Crippen molar-refractivity contribution in [1.82, 2.24) is 25.4 Å². The van der Waals surface area contributed by atoms with E-state index in [1.165, 1.54) is 18.5 Å². The van der Waals surface area contributed by atoms with Gasteiger partial charge in [-0.3, -0.25) is 9.88 Å². The molecule has 1 aromatic carbocycles. The predicted octanol–water partition coefficient (Wildman–Crippen LogP) is 1.00. The fraction of sp³-hybridized carbons (Fsp3) is 0.529. The molecule has 2 fully saturated rings. The number of nitrogens with one attached hydrogen (secondary N) is 3. The van der Waals surface area contributed by atoms with E-state index in [4.69, 9.17) is 4.74 Å². The standard InChI is InChI=1S/C17H23N5O2/c23-16-19-15(20-21-16)11-18-10-13-2-4-14(5-3-13)24-17-6-1-8-22(12-17)9-7-17/h2-5,18H,1,6-12H2,(H2,19,20,21,23)/t17-/m0/s1. The molecule has 0 saturated carbocycles. The molecule has 0 radical (unpaired) electrons. The molecule has 2 aliphatic heterocycles. The molecule has 2 aromatic rings. The van der Waals surface area contributed by atoms with Crippen molar-refractivity contribution in [3.05, 3.63) is 46.1 Å². The highest BCUT2D eigenvalue weighted by Crippen LogP contribution is 2.35. The van der Waals surface area contributed by atoms with Gasteiger partial charge < -0.3 is 10.1 Å². The van der Waals surface area contributed by atoms with Crippen molar-refractivity contribution < 1.29 is 4.74 Å². The van der Waals surface area contributed by atoms with Gasteiger partial charge in [0.15, 0.2) is 0 Å². The third-order valence-corrected chi connectivity index (χ3v) is 4.93. The van der Waals surface area contributed by atoms with Gasteiger partial charge in [0.1, 0.15) is 17.2 Å². The number of rotatable bonds is 6. The van der Waals surface area contributed by atoms with E-state index in [9.17, 15) is 4.79 Å². The zero-order valence-electron chi connectivity index (χ0n) is 13.7. The second kappa shape index (κ2) is 6.41. The minimum atomic E-state index is -0.277. The molecule has 128 valence electrons. The lowest BCUT2D eigenvalue weighted by molar-refractivity contribution is 0.0453. The van der Waals surface area contributed by atoms with Gasteiger partial charge >= 0.3 is 5.69 Å². The summed E-state index contributed by atoms with van der Waals surface area (Å²) in [6.07, 6.45) is 3.53. The number of hydrogen-bond donors (Lipinski definition) is 3. The molecule has 2 atom stereocenters. The normalized spacial score (nSPS) is 25.8. The van der Waals surface area contributed by atoms with Crippen molar-refractivity contribution in [2.24, 2.45) is 0 Å². The SMILES string of the molecule is O=c1[nH]nc(CNCc2ccc(O[C@@]34CCCN(CC3)C4)cc2)[nH]1. The Morgan fingerprint density at radius 1 is 1.21 bits per heavy atom. The maximum atomic E-state index is 11.0. The highest BCUT2D eigenvalue weighted by Gasteiger charge is 2.42. The van der Waals surface area contributed by atoms with E-state index in [0.717, 1.165) is 31.7 Å². The smallest absolute Gasteiger partial charge is 0.340 e. The van der Waals surface area contributed by atoms with Gasteiger partial charge in [-0.2, -0.15) is 5.10 Å². The second-order valence-electron chi connectivity index (χ2n) is 6.79. The zero-order valence-corrected chi connectivity index (χ0v) is 13.7. The Morgan fingerprint density at radius 2 is 2.08 bits per heavy atom. The molecule has 0 amide bonds. The molecular formula is C17H23N5O2. The van der Waals surface area contributed by atoms with Crippen LogP contribution in [-0.4, -0.2) is 45.3 Å². The minimum absolute atomic E-state index is 0.0316. The Labute approximate surface area is 140 Å². The summed E-state index contributed by atoms with van der Waals surface area (Å²) < 4.78 is 6.35. The number of H-pyrrole nitrogens is 2. The van der Waals surface area contributed by atoms with E-state index in [-0.39, 0.29) is 11.3 Å². The first-order valence-electron chi connectivity index (χ1n) is 8.55. The van der Waals surface area contributed by atoms with Crippen molar-refractivity contribution in [3.63, 3.8) is 0 Å². The molecule has 24 heavy (non-hydrogen) atoms. The average molecular weight is 329 g/mol. The molecule has 3 N–H and O–H groups in total. The lowest BCUT2D eigenvalue weighted by Gasteiger charge is -2.34. The first-order valence-corrected chi connectivity index (χ1v) is 8.55. The van der Waals surface area contributed by atoms with Crippen LogP contribution in [0.1, 0.15) is 30.7 Å². The van der Waals surface area contributed by atoms with Gasteiger partial charge in [-0.15, -0.1) is 0 Å². The molecule has 0 spiro atoms. The summed E-state index contributed by atoms with van der Waals surface area (Å²) >= 11 is 0. The Bertz CT molecular complexity index is 734. The summed E-state index contributed by atoms with van der Waals surface area (Å²) in [5.74, 6) is 1.57. The number of nitrogens with zero attached hydrogens (tertiary/aromatic N) is 2. The Morgan fingerprint density at radius 3 is 2.88 bits per heavy atom. The summed E-state index contributed by atoms with van der Waals surface area (Å²) in [6.45, 7) is 4.69. The zero-order chi connectivity index (χ0) is 16.4. The first-order chi connectivity index (χ1) is 11.7. The van der Waals surface area contributed by atoms with E-state index < -0.39 is 0 Å². The summed E-state index contributed by atoms with van der Waals surface area (Å²) in [5, 5.41) is 9.48. The highest BCUT2D eigenvalue weighted by atomic mass is 16.5. The van der Waals surface area contributed by atoms with Crippen molar-refractivity contribution >= 4 is 0 Å². The van der Waals surface area contributed by atoms with Crippen LogP contribution in [0.4, 0.5) is 0 Å². The maximum Gasteiger partial charge on any atom is 0.340 e. The van der Waals surface area contributed by atoms with Crippen molar-refractivity contribution in [2.45, 2.75) is 38.0 Å². The van der Waals surface area contributed by atoms with Crippen LogP contribution in [-0.2, 0) is 13.1 Å². The van der Waals surface area contributed by atoms with Crippen molar-refractivity contribution in [3.8, 4) is 5.75 Å². The Kier molecular flexibility index (Phi) is 4.12. The lowest BCUT2D eigenvalue weighted by atomic mass is 9.94. The van der Waals surface area contributed by atoms with Gasteiger partial charge in [0.05, 0.1) is 6.54 Å². The number of hydrogen-bond acceptors (Lipinski definition) is 5. The van der Waals surface area contributed by atoms with Gasteiger partial charge in [0, 0.05) is 26.1 Å². The van der Waals surface area contributed by atoms with E-state index in [0.29, 0.717) is 18.9 Å². The van der Waals surface area contributed by atoms with E-state index in [2.05, 4.69) is 49.7 Å². The molecule has 2 bridgehead atoms. The van der Waals surface area contributed by atoms with Crippen LogP contribution < -0.4 is 15.7 Å². The molecule has 2 aliphatic rings. The molecule has 1 aromatic heterocycles. The number of fused-ring (bicyclic) bond motifs is 2. The van der Waals surface area contributed by atoms with Gasteiger partial charge in [-0.1, -0.05) is 12.1 Å². The molecule has 7 heteroatoms. The molecule has 3 heterocycles. The summed E-state index contributed by atoms with van der Waals surface area (Å²) in [7, 11) is 0. The van der Waals surface area contributed by atoms with Crippen molar-refractivity contribution in [1.29, 1.82) is 0 Å². The van der Waals surface area contributed by atoms with Crippen LogP contribution in [0.5, 0.6) is 5.75 Å². The summed E-state index contributed by atoms with van der Waals surface area (Å²) in [4.78, 5) is 16.1. The van der Waals surface area contributed by atoms with Gasteiger partial charge in [0.2, 0.25) is 0 Å². The number of ether oxygens (including phenoxy) is 1. The number of aromatic amines is 2. The monoisotopic (exact) mass is 329 g/mol. The van der Waals surface area contributed by atoms with Gasteiger partial charge in [0.25, 0.3) is 0 Å². The van der Waals surface area contributed by atoms with Crippen LogP contribution in [0.2, 0.25) is 0 Å². The second-order valence-corrected chi connectivity index (χ2v) is 6.79. The van der Waals surface area contributed by atoms with Gasteiger partial charge in [-0.05, 0) is 37.1 Å². The third kappa shape index (κ3) is 3.37. The molecule has 4 rings (SSSR count). The molecule has 2 saturated heterocycles. The Balaban J connectivity index is 1.30. The quantitative estimate of drug-likeness (QED) is 0.736. The largest absolute Gasteiger partial charge is 0.486 e. The maximum absolute atomic E-state index is 11.0. The number of aromatic nitrogens is 3. The summed E-state index contributed by atoms with van der Waals surface area (Å²) in [5.41, 5.74) is 0.930. The van der Waals surface area contributed by atoms with Crippen LogP contribution in [0.15, 0.2) is 29.1 Å². The molecule has 0 aliphatic carbocycles. The summed E-state index contributed by atoms with van der Waals surface area (Å²) in [6, 6.07) is 8.28. The van der Waals surface area contributed by atoms with Crippen molar-refractivity contribution in [2.75, 3.05) is 19.6 Å². The minimum Gasteiger partial charge on any atom is -0.486 e. The van der Waals surface area contributed by atoms with E-state index >= 15 is 0 Å². The van der Waals surface area contributed by atoms with Gasteiger partial charge in [-0.25, -0.2) is 9.89 Å². The first kappa shape index (κ1) is 15.4. The fourth-order valence-corrected chi connectivity index (χ4v) is 3.72. The molecule has 7 nitrogen and oxygen atoms in total. The van der Waals surface area contributed by atoms with Crippen LogP contribution in [0, 0.1) is 0 Å². The van der Waals surface area contributed by atoms with E-state index in [1.807, 2.05) is 0 Å². The lowest BCUT2D eigenvalue weighted by Crippen LogP contribution is -2.43. The predicted molar refractivity (Wildman–Crippen MR) is 89.8 cm³/mol.